The smallest absolute Gasteiger partial charge is 0.321 e. The van der Waals surface area contributed by atoms with E-state index in [0.29, 0.717) is 5.13 Å². The highest BCUT2D eigenvalue weighted by atomic mass is 32.1. The number of urea groups is 1. The van der Waals surface area contributed by atoms with E-state index in [1.54, 1.807) is 18.5 Å². The molecule has 6 heteroatoms. The van der Waals surface area contributed by atoms with Crippen molar-refractivity contribution in [3.8, 4) is 0 Å². The molecule has 0 aliphatic heterocycles. The number of benzene rings is 1. The molecule has 1 unspecified atom stereocenters. The molecule has 100 valence electrons. The zero-order valence-corrected chi connectivity index (χ0v) is 11.3. The summed E-state index contributed by atoms with van der Waals surface area (Å²) in [5.41, 5.74) is -0.355. The quantitative estimate of drug-likeness (QED) is 0.802. The van der Waals surface area contributed by atoms with Crippen molar-refractivity contribution in [1.82, 2.24) is 10.3 Å². The predicted molar refractivity (Wildman–Crippen MR) is 75.1 cm³/mol. The lowest BCUT2D eigenvalue weighted by Gasteiger charge is -2.24. The van der Waals surface area contributed by atoms with Gasteiger partial charge in [-0.2, -0.15) is 0 Å². The Morgan fingerprint density at radius 2 is 2.16 bits per heavy atom. The second kappa shape index (κ2) is 5.81. The van der Waals surface area contributed by atoms with Gasteiger partial charge in [0.1, 0.15) is 5.60 Å². The van der Waals surface area contributed by atoms with Gasteiger partial charge in [-0.15, -0.1) is 11.3 Å². The van der Waals surface area contributed by atoms with E-state index in [1.807, 2.05) is 30.3 Å². The third-order valence-electron chi connectivity index (χ3n) is 2.64. The van der Waals surface area contributed by atoms with Gasteiger partial charge in [0.05, 0.1) is 6.54 Å². The van der Waals surface area contributed by atoms with Gasteiger partial charge in [-0.25, -0.2) is 9.78 Å². The molecule has 3 N–H and O–H groups in total. The number of rotatable bonds is 4. The Balaban J connectivity index is 1.89. The van der Waals surface area contributed by atoms with E-state index in [0.717, 1.165) is 5.56 Å². The minimum atomic E-state index is -1.11. The van der Waals surface area contributed by atoms with Crippen molar-refractivity contribution in [2.75, 3.05) is 11.9 Å². The van der Waals surface area contributed by atoms with Crippen LogP contribution in [-0.4, -0.2) is 22.7 Å². The molecule has 1 atom stereocenters. The minimum Gasteiger partial charge on any atom is -0.384 e. The summed E-state index contributed by atoms with van der Waals surface area (Å²) in [6, 6.07) is 8.83. The van der Waals surface area contributed by atoms with Crippen LogP contribution in [0.3, 0.4) is 0 Å². The van der Waals surface area contributed by atoms with Crippen molar-refractivity contribution in [2.45, 2.75) is 12.5 Å². The molecule has 5 nitrogen and oxygen atoms in total. The Morgan fingerprint density at radius 3 is 2.79 bits per heavy atom. The number of carbonyl (C=O) groups is 1. The van der Waals surface area contributed by atoms with Crippen LogP contribution in [0.25, 0.3) is 0 Å². The van der Waals surface area contributed by atoms with Crippen LogP contribution in [0.5, 0.6) is 0 Å². The lowest BCUT2D eigenvalue weighted by Crippen LogP contribution is -2.40. The highest BCUT2D eigenvalue weighted by molar-refractivity contribution is 7.13. The summed E-state index contributed by atoms with van der Waals surface area (Å²) in [4.78, 5) is 15.6. The van der Waals surface area contributed by atoms with Crippen molar-refractivity contribution >= 4 is 22.5 Å². The van der Waals surface area contributed by atoms with E-state index in [1.165, 1.54) is 11.3 Å². The number of amides is 2. The number of aromatic nitrogens is 1. The predicted octanol–water partition coefficient (Wildman–Crippen LogP) is 2.17. The van der Waals surface area contributed by atoms with E-state index in [2.05, 4.69) is 15.6 Å². The monoisotopic (exact) mass is 277 g/mol. The maximum absolute atomic E-state index is 11.6. The van der Waals surface area contributed by atoms with Gasteiger partial charge in [0.15, 0.2) is 5.13 Å². The van der Waals surface area contributed by atoms with Crippen LogP contribution in [0.2, 0.25) is 0 Å². The van der Waals surface area contributed by atoms with Gasteiger partial charge >= 0.3 is 6.03 Å². The SMILES string of the molecule is CC(O)(CNC(=O)Nc1nccs1)c1ccccc1. The van der Waals surface area contributed by atoms with Gasteiger partial charge < -0.3 is 10.4 Å². The van der Waals surface area contributed by atoms with Gasteiger partial charge in [-0.3, -0.25) is 5.32 Å². The molecule has 1 heterocycles. The number of hydrogen-bond donors (Lipinski definition) is 3. The molecule has 2 rings (SSSR count). The van der Waals surface area contributed by atoms with Gasteiger partial charge in [-0.1, -0.05) is 30.3 Å². The van der Waals surface area contributed by atoms with Gasteiger partial charge in [0, 0.05) is 11.6 Å². The molecule has 0 bridgehead atoms. The maximum Gasteiger partial charge on any atom is 0.321 e. The van der Waals surface area contributed by atoms with Gasteiger partial charge in [0.25, 0.3) is 0 Å². The van der Waals surface area contributed by atoms with E-state index in [-0.39, 0.29) is 12.6 Å². The summed E-state index contributed by atoms with van der Waals surface area (Å²) in [5, 5.41) is 17.8. The second-order valence-electron chi connectivity index (χ2n) is 4.28. The lowest BCUT2D eigenvalue weighted by atomic mass is 9.96. The summed E-state index contributed by atoms with van der Waals surface area (Å²) in [7, 11) is 0. The summed E-state index contributed by atoms with van der Waals surface area (Å²) >= 11 is 1.34. The fraction of sp³-hybridized carbons (Fsp3) is 0.231. The van der Waals surface area contributed by atoms with Crippen LogP contribution in [-0.2, 0) is 5.60 Å². The first-order valence-electron chi connectivity index (χ1n) is 5.80. The molecule has 2 aromatic rings. The number of anilines is 1. The highest BCUT2D eigenvalue weighted by Gasteiger charge is 2.23. The molecule has 19 heavy (non-hydrogen) atoms. The van der Waals surface area contributed by atoms with Gasteiger partial charge in [-0.05, 0) is 12.5 Å². The number of aliphatic hydroxyl groups is 1. The molecular formula is C13H15N3O2S. The average molecular weight is 277 g/mol. The number of nitrogens with one attached hydrogen (secondary N) is 2. The largest absolute Gasteiger partial charge is 0.384 e. The number of carbonyl (C=O) groups excluding carboxylic acids is 1. The van der Waals surface area contributed by atoms with Crippen molar-refractivity contribution in [1.29, 1.82) is 0 Å². The first-order valence-corrected chi connectivity index (χ1v) is 6.68. The van der Waals surface area contributed by atoms with Crippen LogP contribution in [0.15, 0.2) is 41.9 Å². The lowest BCUT2D eigenvalue weighted by molar-refractivity contribution is 0.0599. The van der Waals surface area contributed by atoms with Crippen LogP contribution >= 0.6 is 11.3 Å². The minimum absolute atomic E-state index is 0.119. The van der Waals surface area contributed by atoms with Crippen molar-refractivity contribution in [3.05, 3.63) is 47.5 Å². The maximum atomic E-state index is 11.6. The molecule has 0 aliphatic rings. The van der Waals surface area contributed by atoms with Crippen molar-refractivity contribution < 1.29 is 9.90 Å². The summed E-state index contributed by atoms with van der Waals surface area (Å²) < 4.78 is 0. The molecule has 2 amide bonds. The Hall–Kier alpha value is -1.92. The molecule has 0 spiro atoms. The molecule has 1 aromatic heterocycles. The van der Waals surface area contributed by atoms with Crippen LogP contribution < -0.4 is 10.6 Å². The molecule has 0 saturated carbocycles. The van der Waals surface area contributed by atoms with Crippen molar-refractivity contribution in [3.63, 3.8) is 0 Å². The average Bonchev–Trinajstić information content (AvgIpc) is 2.90. The van der Waals surface area contributed by atoms with E-state index >= 15 is 0 Å². The Bertz CT molecular complexity index is 526. The topological polar surface area (TPSA) is 74.2 Å². The van der Waals surface area contributed by atoms with E-state index in [4.69, 9.17) is 0 Å². The highest BCUT2D eigenvalue weighted by Crippen LogP contribution is 2.19. The van der Waals surface area contributed by atoms with Crippen LogP contribution in [0, 0.1) is 0 Å². The summed E-state index contributed by atoms with van der Waals surface area (Å²) in [6.45, 7) is 1.78. The number of hydrogen-bond acceptors (Lipinski definition) is 4. The van der Waals surface area contributed by atoms with E-state index in [9.17, 15) is 9.90 Å². The Labute approximate surface area is 115 Å². The molecule has 0 saturated heterocycles. The molecule has 1 aromatic carbocycles. The Morgan fingerprint density at radius 1 is 1.42 bits per heavy atom. The van der Waals surface area contributed by atoms with Crippen LogP contribution in [0.4, 0.5) is 9.93 Å². The van der Waals surface area contributed by atoms with Crippen LogP contribution in [0.1, 0.15) is 12.5 Å². The third-order valence-corrected chi connectivity index (χ3v) is 3.33. The fourth-order valence-electron chi connectivity index (χ4n) is 1.58. The second-order valence-corrected chi connectivity index (χ2v) is 5.18. The zero-order chi connectivity index (χ0) is 13.7. The summed E-state index contributed by atoms with van der Waals surface area (Å²) in [6.07, 6.45) is 1.61. The normalized spacial score (nSPS) is 13.6. The standard InChI is InChI=1S/C13H15N3O2S/c1-13(18,10-5-3-2-4-6-10)9-15-11(17)16-12-14-7-8-19-12/h2-8,18H,9H2,1H3,(H2,14,15,16,17). The fourth-order valence-corrected chi connectivity index (χ4v) is 2.10. The van der Waals surface area contributed by atoms with Crippen molar-refractivity contribution in [2.24, 2.45) is 0 Å². The third kappa shape index (κ3) is 3.77. The molecule has 0 radical (unpaired) electrons. The number of nitrogens with zero attached hydrogens (tertiary/aromatic N) is 1. The first kappa shape index (κ1) is 13.5. The van der Waals surface area contributed by atoms with Gasteiger partial charge in [0.2, 0.25) is 0 Å². The first-order chi connectivity index (χ1) is 9.08. The number of thiazole rings is 1. The Kier molecular flexibility index (Phi) is 4.13. The molecule has 0 aliphatic carbocycles. The van der Waals surface area contributed by atoms with E-state index < -0.39 is 5.60 Å². The molecular weight excluding hydrogens is 262 g/mol. The summed E-state index contributed by atoms with van der Waals surface area (Å²) in [5.74, 6) is 0. The zero-order valence-electron chi connectivity index (χ0n) is 10.5. The molecule has 0 fully saturated rings.